The van der Waals surface area contributed by atoms with Crippen LogP contribution >= 0.6 is 0 Å². The Bertz CT molecular complexity index is 682. The summed E-state index contributed by atoms with van der Waals surface area (Å²) in [6.45, 7) is 2.10. The minimum Gasteiger partial charge on any atom is -0.481 e. The molecule has 2 heterocycles. The van der Waals surface area contributed by atoms with E-state index in [9.17, 15) is 14.9 Å². The minimum atomic E-state index is -0.897. The van der Waals surface area contributed by atoms with Gasteiger partial charge in [0.05, 0.1) is 12.1 Å². The second-order valence-corrected chi connectivity index (χ2v) is 5.00. The number of pyridine rings is 1. The number of aliphatic carboxylic acids is 1. The fourth-order valence-electron chi connectivity index (χ4n) is 2.20. The third-order valence-electron chi connectivity index (χ3n) is 3.17. The molecule has 0 spiro atoms. The van der Waals surface area contributed by atoms with E-state index in [0.29, 0.717) is 17.9 Å². The number of hydrogen-bond acceptors (Lipinski definition) is 5. The van der Waals surface area contributed by atoms with E-state index in [1.807, 2.05) is 0 Å². The zero-order chi connectivity index (χ0) is 15.6. The fraction of sp³-hybridized carbons (Fsp3) is 0.385. The molecule has 0 amide bonds. The quantitative estimate of drug-likeness (QED) is 0.638. The molecule has 0 fully saturated rings. The van der Waals surface area contributed by atoms with Crippen molar-refractivity contribution in [1.82, 2.24) is 14.3 Å². The summed E-state index contributed by atoms with van der Waals surface area (Å²) < 4.78 is 1.42. The van der Waals surface area contributed by atoms with Crippen LogP contribution in [-0.4, -0.2) is 43.9 Å². The first-order valence-corrected chi connectivity index (χ1v) is 6.42. The zero-order valence-electron chi connectivity index (χ0n) is 11.8. The van der Waals surface area contributed by atoms with E-state index in [-0.39, 0.29) is 12.4 Å². The van der Waals surface area contributed by atoms with Crippen LogP contribution in [0.1, 0.15) is 12.6 Å². The number of aromatic nitrogens is 2. The van der Waals surface area contributed by atoms with Crippen LogP contribution in [0.2, 0.25) is 0 Å². The Hall–Kier alpha value is -2.48. The molecule has 0 aliphatic heterocycles. The number of carboxylic acid groups (broad SMARTS) is 1. The highest BCUT2D eigenvalue weighted by Crippen LogP contribution is 2.21. The van der Waals surface area contributed by atoms with Crippen LogP contribution in [0.5, 0.6) is 0 Å². The summed E-state index contributed by atoms with van der Waals surface area (Å²) in [7, 11) is 1.72. The summed E-state index contributed by atoms with van der Waals surface area (Å²) >= 11 is 0. The Morgan fingerprint density at radius 2 is 2.29 bits per heavy atom. The number of nitrogens with zero attached hydrogens (tertiary/aromatic N) is 4. The van der Waals surface area contributed by atoms with Crippen LogP contribution in [0.4, 0.5) is 5.82 Å². The van der Waals surface area contributed by atoms with E-state index in [4.69, 9.17) is 5.11 Å². The molecule has 1 atom stereocenters. The lowest BCUT2D eigenvalue weighted by atomic mass is 10.2. The van der Waals surface area contributed by atoms with Gasteiger partial charge in [0.25, 0.3) is 0 Å². The maximum atomic E-state index is 11.2. The van der Waals surface area contributed by atoms with Gasteiger partial charge in [0.15, 0.2) is 5.69 Å². The van der Waals surface area contributed by atoms with Gasteiger partial charge in [0.1, 0.15) is 0 Å². The summed E-state index contributed by atoms with van der Waals surface area (Å²) in [4.78, 5) is 27.6. The van der Waals surface area contributed by atoms with Gasteiger partial charge in [0.2, 0.25) is 5.65 Å². The number of rotatable bonds is 6. The third kappa shape index (κ3) is 3.16. The van der Waals surface area contributed by atoms with Crippen LogP contribution in [0.25, 0.3) is 5.65 Å². The van der Waals surface area contributed by atoms with Crippen molar-refractivity contribution in [1.29, 1.82) is 0 Å². The maximum absolute atomic E-state index is 11.2. The number of hydrogen-bond donors (Lipinski definition) is 1. The molecule has 0 aliphatic carbocycles. The molecule has 21 heavy (non-hydrogen) atoms. The molecule has 0 aliphatic rings. The van der Waals surface area contributed by atoms with E-state index in [1.165, 1.54) is 4.40 Å². The molecular formula is C13H16N4O4. The van der Waals surface area contributed by atoms with Crippen molar-refractivity contribution in [2.45, 2.75) is 13.5 Å². The lowest BCUT2D eigenvalue weighted by Crippen LogP contribution is -2.28. The monoisotopic (exact) mass is 292 g/mol. The van der Waals surface area contributed by atoms with Gasteiger partial charge >= 0.3 is 11.8 Å². The average molecular weight is 292 g/mol. The second-order valence-electron chi connectivity index (χ2n) is 5.00. The lowest BCUT2D eigenvalue weighted by molar-refractivity contribution is -0.391. The molecule has 112 valence electrons. The first-order chi connectivity index (χ1) is 9.90. The molecule has 0 aromatic carbocycles. The van der Waals surface area contributed by atoms with Crippen LogP contribution in [0.15, 0.2) is 24.4 Å². The van der Waals surface area contributed by atoms with Crippen molar-refractivity contribution in [3.05, 3.63) is 40.2 Å². The van der Waals surface area contributed by atoms with Crippen molar-refractivity contribution in [3.63, 3.8) is 0 Å². The van der Waals surface area contributed by atoms with Crippen molar-refractivity contribution in [3.8, 4) is 0 Å². The predicted molar refractivity (Wildman–Crippen MR) is 75.0 cm³/mol. The van der Waals surface area contributed by atoms with E-state index >= 15 is 0 Å². The molecule has 1 N–H and O–H groups in total. The highest BCUT2D eigenvalue weighted by molar-refractivity contribution is 5.69. The predicted octanol–water partition coefficient (Wildman–Crippen LogP) is 1.40. The topological polar surface area (TPSA) is 101 Å². The van der Waals surface area contributed by atoms with Gasteiger partial charge in [-0.05, 0) is 18.0 Å². The molecule has 0 bridgehead atoms. The fourth-order valence-corrected chi connectivity index (χ4v) is 2.20. The van der Waals surface area contributed by atoms with Gasteiger partial charge in [-0.25, -0.2) is 4.98 Å². The standard InChI is InChI=1S/C13H16N4O4/c1-9(13(18)19)7-15(2)8-10-12(17(20)21)16-6-4-3-5-11(16)14-10/h3-6,9H,7-8H2,1-2H3,(H,18,19). The van der Waals surface area contributed by atoms with Crippen molar-refractivity contribution in [2.75, 3.05) is 13.6 Å². The minimum absolute atomic E-state index is 0.0829. The van der Waals surface area contributed by atoms with Gasteiger partial charge in [-0.3, -0.25) is 9.69 Å². The number of carbonyl (C=O) groups is 1. The molecule has 8 nitrogen and oxygen atoms in total. The molecule has 2 aromatic rings. The van der Waals surface area contributed by atoms with Crippen LogP contribution in [0.3, 0.4) is 0 Å². The normalized spacial score (nSPS) is 12.7. The molecule has 0 radical (unpaired) electrons. The SMILES string of the molecule is CC(CN(C)Cc1nc2ccccn2c1[N+](=O)[O-])C(=O)O. The Labute approximate surface area is 120 Å². The number of carboxylic acids is 1. The smallest absolute Gasteiger partial charge is 0.352 e. The first-order valence-electron chi connectivity index (χ1n) is 6.42. The first kappa shape index (κ1) is 14.9. The molecular weight excluding hydrogens is 276 g/mol. The molecule has 0 saturated carbocycles. The molecule has 2 rings (SSSR count). The van der Waals surface area contributed by atoms with Crippen molar-refractivity contribution >= 4 is 17.4 Å². The van der Waals surface area contributed by atoms with Gasteiger partial charge in [0, 0.05) is 19.2 Å². The average Bonchev–Trinajstić information content (AvgIpc) is 2.75. The summed E-state index contributed by atoms with van der Waals surface area (Å²) in [6.07, 6.45) is 1.59. The third-order valence-corrected chi connectivity index (χ3v) is 3.17. The van der Waals surface area contributed by atoms with Crippen LogP contribution in [-0.2, 0) is 11.3 Å². The Balaban J connectivity index is 2.27. The number of fused-ring (bicyclic) bond motifs is 1. The molecule has 0 saturated heterocycles. The second kappa shape index (κ2) is 5.88. The lowest BCUT2D eigenvalue weighted by Gasteiger charge is -2.17. The van der Waals surface area contributed by atoms with Crippen molar-refractivity contribution < 1.29 is 14.8 Å². The Kier molecular flexibility index (Phi) is 4.18. The van der Waals surface area contributed by atoms with Crippen LogP contribution < -0.4 is 0 Å². The number of nitro groups is 1. The highest BCUT2D eigenvalue weighted by atomic mass is 16.6. The van der Waals surface area contributed by atoms with Gasteiger partial charge in [-0.2, -0.15) is 4.40 Å². The van der Waals surface area contributed by atoms with E-state index in [1.54, 1.807) is 43.3 Å². The maximum Gasteiger partial charge on any atom is 0.352 e. The van der Waals surface area contributed by atoms with Gasteiger partial charge in [-0.1, -0.05) is 13.0 Å². The number of imidazole rings is 1. The summed E-state index contributed by atoms with van der Waals surface area (Å²) in [5.74, 6) is -1.53. The van der Waals surface area contributed by atoms with Gasteiger partial charge in [-0.15, -0.1) is 0 Å². The van der Waals surface area contributed by atoms with E-state index in [2.05, 4.69) is 4.98 Å². The largest absolute Gasteiger partial charge is 0.481 e. The molecule has 2 aromatic heterocycles. The Morgan fingerprint density at radius 1 is 1.57 bits per heavy atom. The summed E-state index contributed by atoms with van der Waals surface area (Å²) in [6, 6.07) is 5.14. The molecule has 1 unspecified atom stereocenters. The zero-order valence-corrected chi connectivity index (χ0v) is 11.8. The van der Waals surface area contributed by atoms with E-state index in [0.717, 1.165) is 0 Å². The van der Waals surface area contributed by atoms with E-state index < -0.39 is 16.8 Å². The Morgan fingerprint density at radius 3 is 2.90 bits per heavy atom. The molecule has 8 heteroatoms. The highest BCUT2D eigenvalue weighted by Gasteiger charge is 2.24. The summed E-state index contributed by atoms with van der Waals surface area (Å²) in [5.41, 5.74) is 0.824. The van der Waals surface area contributed by atoms with Crippen LogP contribution in [0, 0.1) is 16.0 Å². The van der Waals surface area contributed by atoms with Gasteiger partial charge < -0.3 is 15.2 Å². The summed E-state index contributed by atoms with van der Waals surface area (Å²) in [5, 5.41) is 20.1. The van der Waals surface area contributed by atoms with Crippen molar-refractivity contribution in [2.24, 2.45) is 5.92 Å².